The van der Waals surface area contributed by atoms with Crippen LogP contribution in [-0.2, 0) is 0 Å². The number of fused-ring (bicyclic) bond motifs is 1. The Labute approximate surface area is 83.0 Å². The molecule has 1 heterocycles. The zero-order valence-corrected chi connectivity index (χ0v) is 7.90. The van der Waals surface area contributed by atoms with Gasteiger partial charge in [-0.25, -0.2) is 4.98 Å². The maximum Gasteiger partial charge on any atom is 0.134 e. The third-order valence-corrected chi connectivity index (χ3v) is 2.59. The van der Waals surface area contributed by atoms with Gasteiger partial charge < -0.3 is 5.32 Å². The van der Waals surface area contributed by atoms with Crippen molar-refractivity contribution in [2.24, 2.45) is 0 Å². The Bertz CT molecular complexity index is 455. The molecule has 1 aromatic heterocycles. The third-order valence-electron chi connectivity index (χ3n) is 2.59. The van der Waals surface area contributed by atoms with Crippen LogP contribution >= 0.6 is 0 Å². The Morgan fingerprint density at radius 1 is 1.14 bits per heavy atom. The highest BCUT2D eigenvalue weighted by atomic mass is 15.0. The standard InChI is InChI=1S/C12H12N2/c1-2-4-11-9(3-1)7-8-13-12(11)14-10-5-6-10/h1-4,7-8,10H,5-6H2,(H,13,14). The quantitative estimate of drug-likeness (QED) is 0.776. The highest BCUT2D eigenvalue weighted by Crippen LogP contribution is 2.27. The third kappa shape index (κ3) is 1.33. The summed E-state index contributed by atoms with van der Waals surface area (Å²) >= 11 is 0. The van der Waals surface area contributed by atoms with E-state index in [-0.39, 0.29) is 0 Å². The molecule has 2 aromatic rings. The van der Waals surface area contributed by atoms with Crippen molar-refractivity contribution < 1.29 is 0 Å². The highest BCUT2D eigenvalue weighted by Gasteiger charge is 2.21. The monoisotopic (exact) mass is 184 g/mol. The second kappa shape index (κ2) is 2.98. The van der Waals surface area contributed by atoms with Crippen LogP contribution in [-0.4, -0.2) is 11.0 Å². The molecule has 14 heavy (non-hydrogen) atoms. The first-order valence-electron chi connectivity index (χ1n) is 5.04. The number of aromatic nitrogens is 1. The van der Waals surface area contributed by atoms with Gasteiger partial charge in [0, 0.05) is 17.6 Å². The molecule has 1 aliphatic carbocycles. The van der Waals surface area contributed by atoms with Crippen LogP contribution in [0.5, 0.6) is 0 Å². The maximum atomic E-state index is 4.38. The number of nitrogens with one attached hydrogen (secondary N) is 1. The molecule has 0 bridgehead atoms. The first-order valence-corrected chi connectivity index (χ1v) is 5.04. The van der Waals surface area contributed by atoms with Gasteiger partial charge in [-0.3, -0.25) is 0 Å². The van der Waals surface area contributed by atoms with Crippen LogP contribution in [0.25, 0.3) is 10.8 Å². The van der Waals surface area contributed by atoms with E-state index in [1.807, 2.05) is 12.3 Å². The van der Waals surface area contributed by atoms with Crippen molar-refractivity contribution in [3.8, 4) is 0 Å². The molecule has 0 unspecified atom stereocenters. The summed E-state index contributed by atoms with van der Waals surface area (Å²) in [5.74, 6) is 1.03. The predicted molar refractivity (Wildman–Crippen MR) is 58.4 cm³/mol. The summed E-state index contributed by atoms with van der Waals surface area (Å²) in [6.07, 6.45) is 4.43. The van der Waals surface area contributed by atoms with E-state index in [2.05, 4.69) is 34.6 Å². The number of nitrogens with zero attached hydrogens (tertiary/aromatic N) is 1. The van der Waals surface area contributed by atoms with E-state index in [9.17, 15) is 0 Å². The van der Waals surface area contributed by atoms with Gasteiger partial charge in [0.05, 0.1) is 0 Å². The van der Waals surface area contributed by atoms with E-state index >= 15 is 0 Å². The van der Waals surface area contributed by atoms with Crippen molar-refractivity contribution in [1.29, 1.82) is 0 Å². The largest absolute Gasteiger partial charge is 0.367 e. The van der Waals surface area contributed by atoms with Crippen molar-refractivity contribution in [1.82, 2.24) is 4.98 Å². The molecule has 2 heteroatoms. The number of hydrogen-bond donors (Lipinski definition) is 1. The van der Waals surface area contributed by atoms with Gasteiger partial charge in [-0.05, 0) is 24.3 Å². The summed E-state index contributed by atoms with van der Waals surface area (Å²) in [7, 11) is 0. The molecule has 0 spiro atoms. The molecular formula is C12H12N2. The minimum absolute atomic E-state index is 0.660. The summed E-state index contributed by atoms with van der Waals surface area (Å²) in [4.78, 5) is 4.38. The van der Waals surface area contributed by atoms with Gasteiger partial charge in [0.15, 0.2) is 0 Å². The summed E-state index contributed by atoms with van der Waals surface area (Å²) in [5, 5.41) is 5.93. The lowest BCUT2D eigenvalue weighted by Gasteiger charge is -2.06. The summed E-state index contributed by atoms with van der Waals surface area (Å²) < 4.78 is 0. The predicted octanol–water partition coefficient (Wildman–Crippen LogP) is 2.81. The summed E-state index contributed by atoms with van der Waals surface area (Å²) in [5.41, 5.74) is 0. The van der Waals surface area contributed by atoms with Crippen LogP contribution in [0.2, 0.25) is 0 Å². The van der Waals surface area contributed by atoms with Gasteiger partial charge in [-0.2, -0.15) is 0 Å². The van der Waals surface area contributed by atoms with Crippen LogP contribution < -0.4 is 5.32 Å². The molecule has 1 aromatic carbocycles. The first-order chi connectivity index (χ1) is 6.93. The Kier molecular flexibility index (Phi) is 1.66. The molecular weight excluding hydrogens is 172 g/mol. The van der Waals surface area contributed by atoms with Gasteiger partial charge in [0.1, 0.15) is 5.82 Å². The Morgan fingerprint density at radius 2 is 2.00 bits per heavy atom. The van der Waals surface area contributed by atoms with E-state index in [1.54, 1.807) is 0 Å². The molecule has 0 radical (unpaired) electrons. The fourth-order valence-electron chi connectivity index (χ4n) is 1.66. The Morgan fingerprint density at radius 3 is 2.86 bits per heavy atom. The number of hydrogen-bond acceptors (Lipinski definition) is 2. The lowest BCUT2D eigenvalue weighted by Crippen LogP contribution is -2.02. The van der Waals surface area contributed by atoms with Crippen LogP contribution in [0.1, 0.15) is 12.8 Å². The van der Waals surface area contributed by atoms with Crippen LogP contribution in [0.3, 0.4) is 0 Å². The van der Waals surface area contributed by atoms with Gasteiger partial charge >= 0.3 is 0 Å². The van der Waals surface area contributed by atoms with E-state index in [0.717, 1.165) is 5.82 Å². The van der Waals surface area contributed by atoms with Crippen molar-refractivity contribution >= 4 is 16.6 Å². The Hall–Kier alpha value is -1.57. The summed E-state index contributed by atoms with van der Waals surface area (Å²) in [6, 6.07) is 11.1. The molecule has 0 atom stereocenters. The molecule has 3 rings (SSSR count). The van der Waals surface area contributed by atoms with Crippen LogP contribution in [0.4, 0.5) is 5.82 Å². The molecule has 0 amide bonds. The SMILES string of the molecule is c1ccc2c(NC3CC3)nccc2c1. The zero-order valence-electron chi connectivity index (χ0n) is 7.90. The van der Waals surface area contributed by atoms with Crippen molar-refractivity contribution in [2.75, 3.05) is 5.32 Å². The van der Waals surface area contributed by atoms with Crippen molar-refractivity contribution in [3.05, 3.63) is 36.5 Å². The molecule has 1 aliphatic rings. The number of benzene rings is 1. The molecule has 1 saturated carbocycles. The molecule has 1 fully saturated rings. The summed E-state index contributed by atoms with van der Waals surface area (Å²) in [6.45, 7) is 0. The van der Waals surface area contributed by atoms with Crippen molar-refractivity contribution in [3.63, 3.8) is 0 Å². The minimum Gasteiger partial charge on any atom is -0.367 e. The van der Waals surface area contributed by atoms with Gasteiger partial charge in [0.2, 0.25) is 0 Å². The number of rotatable bonds is 2. The molecule has 1 N–H and O–H groups in total. The smallest absolute Gasteiger partial charge is 0.134 e. The average Bonchev–Trinajstić information content (AvgIpc) is 3.03. The molecule has 70 valence electrons. The minimum atomic E-state index is 0.660. The van der Waals surface area contributed by atoms with E-state index in [0.29, 0.717) is 6.04 Å². The average molecular weight is 184 g/mol. The number of pyridine rings is 1. The van der Waals surface area contributed by atoms with Crippen LogP contribution in [0, 0.1) is 0 Å². The van der Waals surface area contributed by atoms with E-state index < -0.39 is 0 Å². The lowest BCUT2D eigenvalue weighted by atomic mass is 10.1. The maximum absolute atomic E-state index is 4.38. The fourth-order valence-corrected chi connectivity index (χ4v) is 1.66. The topological polar surface area (TPSA) is 24.9 Å². The van der Waals surface area contributed by atoms with Gasteiger partial charge in [-0.15, -0.1) is 0 Å². The molecule has 2 nitrogen and oxygen atoms in total. The van der Waals surface area contributed by atoms with Crippen LogP contribution in [0.15, 0.2) is 36.5 Å². The second-order valence-electron chi connectivity index (χ2n) is 3.80. The van der Waals surface area contributed by atoms with E-state index in [4.69, 9.17) is 0 Å². The van der Waals surface area contributed by atoms with Crippen molar-refractivity contribution in [2.45, 2.75) is 18.9 Å². The second-order valence-corrected chi connectivity index (χ2v) is 3.80. The fraction of sp³-hybridized carbons (Fsp3) is 0.250. The lowest BCUT2D eigenvalue weighted by molar-refractivity contribution is 1.12. The first kappa shape index (κ1) is 7.80. The highest BCUT2D eigenvalue weighted by molar-refractivity contribution is 5.91. The molecule has 0 saturated heterocycles. The number of anilines is 1. The van der Waals surface area contributed by atoms with Gasteiger partial charge in [-0.1, -0.05) is 24.3 Å². The van der Waals surface area contributed by atoms with Gasteiger partial charge in [0.25, 0.3) is 0 Å². The Balaban J connectivity index is 2.11. The van der Waals surface area contributed by atoms with E-state index in [1.165, 1.54) is 23.6 Å². The zero-order chi connectivity index (χ0) is 9.38. The normalized spacial score (nSPS) is 15.7. The molecule has 0 aliphatic heterocycles.